The molecule has 0 amide bonds. The zero-order valence-electron chi connectivity index (χ0n) is 11.1. The standard InChI is InChI=1S/C14H28O/c1-11(2)9-14(5,15)12-7-6-8-13(3,4)10-12/h11-12,15H,6-10H2,1-5H3. The van der Waals surface area contributed by atoms with E-state index in [0.717, 1.165) is 6.42 Å². The van der Waals surface area contributed by atoms with Gasteiger partial charge in [0.25, 0.3) is 0 Å². The summed E-state index contributed by atoms with van der Waals surface area (Å²) in [6, 6.07) is 0. The molecule has 90 valence electrons. The molecule has 1 N–H and O–H groups in total. The van der Waals surface area contributed by atoms with Crippen molar-refractivity contribution in [1.29, 1.82) is 0 Å². The summed E-state index contributed by atoms with van der Waals surface area (Å²) in [5.74, 6) is 1.09. The zero-order chi connectivity index (χ0) is 11.7. The van der Waals surface area contributed by atoms with Crippen molar-refractivity contribution in [1.82, 2.24) is 0 Å². The Labute approximate surface area is 95.3 Å². The Kier molecular flexibility index (Phi) is 3.86. The van der Waals surface area contributed by atoms with Crippen molar-refractivity contribution in [3.63, 3.8) is 0 Å². The molecule has 0 aromatic heterocycles. The summed E-state index contributed by atoms with van der Waals surface area (Å²) in [5, 5.41) is 10.5. The quantitative estimate of drug-likeness (QED) is 0.749. The molecule has 2 atom stereocenters. The minimum Gasteiger partial charge on any atom is -0.390 e. The molecule has 1 heteroatoms. The summed E-state index contributed by atoms with van der Waals surface area (Å²) in [4.78, 5) is 0. The molecule has 1 saturated carbocycles. The Bertz CT molecular complexity index is 203. The topological polar surface area (TPSA) is 20.2 Å². The lowest BCUT2D eigenvalue weighted by Crippen LogP contribution is -2.40. The molecule has 0 bridgehead atoms. The van der Waals surface area contributed by atoms with Crippen LogP contribution in [0.3, 0.4) is 0 Å². The average Bonchev–Trinajstić information content (AvgIpc) is 1.99. The molecule has 1 nitrogen and oxygen atoms in total. The summed E-state index contributed by atoms with van der Waals surface area (Å²) in [5.41, 5.74) is -0.0181. The van der Waals surface area contributed by atoms with Gasteiger partial charge in [0.1, 0.15) is 0 Å². The Morgan fingerprint density at radius 2 is 2.00 bits per heavy atom. The predicted molar refractivity (Wildman–Crippen MR) is 65.8 cm³/mol. The van der Waals surface area contributed by atoms with E-state index >= 15 is 0 Å². The van der Waals surface area contributed by atoms with Crippen LogP contribution in [0.5, 0.6) is 0 Å². The van der Waals surface area contributed by atoms with Gasteiger partial charge in [0.05, 0.1) is 5.60 Å². The summed E-state index contributed by atoms with van der Waals surface area (Å²) in [6.45, 7) is 11.1. The smallest absolute Gasteiger partial charge is 0.0650 e. The molecule has 0 aromatic carbocycles. The second kappa shape index (κ2) is 4.45. The molecule has 0 spiro atoms. The van der Waals surface area contributed by atoms with Crippen LogP contribution in [0.1, 0.15) is 66.7 Å². The van der Waals surface area contributed by atoms with Crippen molar-refractivity contribution in [2.75, 3.05) is 0 Å². The molecule has 0 aliphatic heterocycles. The maximum atomic E-state index is 10.5. The van der Waals surface area contributed by atoms with Crippen LogP contribution in [-0.4, -0.2) is 10.7 Å². The van der Waals surface area contributed by atoms with Crippen LogP contribution in [0, 0.1) is 17.3 Å². The number of aliphatic hydroxyl groups is 1. The van der Waals surface area contributed by atoms with Gasteiger partial charge in [0.15, 0.2) is 0 Å². The zero-order valence-corrected chi connectivity index (χ0v) is 11.1. The Hall–Kier alpha value is -0.0400. The monoisotopic (exact) mass is 212 g/mol. The van der Waals surface area contributed by atoms with Crippen molar-refractivity contribution in [3.8, 4) is 0 Å². The summed E-state index contributed by atoms with van der Waals surface area (Å²) >= 11 is 0. The van der Waals surface area contributed by atoms with E-state index in [1.54, 1.807) is 0 Å². The highest BCUT2D eigenvalue weighted by atomic mass is 16.3. The number of hydrogen-bond donors (Lipinski definition) is 1. The van der Waals surface area contributed by atoms with Gasteiger partial charge in [0, 0.05) is 0 Å². The second-order valence-corrected chi connectivity index (χ2v) is 6.91. The van der Waals surface area contributed by atoms with Crippen LogP contribution < -0.4 is 0 Å². The van der Waals surface area contributed by atoms with Gasteiger partial charge in [-0.25, -0.2) is 0 Å². The molecule has 1 aliphatic rings. The van der Waals surface area contributed by atoms with Crippen molar-refractivity contribution in [2.24, 2.45) is 17.3 Å². The number of hydrogen-bond acceptors (Lipinski definition) is 1. The van der Waals surface area contributed by atoms with E-state index in [1.807, 2.05) is 6.92 Å². The Morgan fingerprint density at radius 3 is 2.47 bits per heavy atom. The van der Waals surface area contributed by atoms with Gasteiger partial charge < -0.3 is 5.11 Å². The van der Waals surface area contributed by atoms with E-state index in [2.05, 4.69) is 27.7 Å². The van der Waals surface area contributed by atoms with Crippen LogP contribution in [0.15, 0.2) is 0 Å². The van der Waals surface area contributed by atoms with Gasteiger partial charge >= 0.3 is 0 Å². The maximum absolute atomic E-state index is 10.5. The number of rotatable bonds is 3. The fourth-order valence-corrected chi connectivity index (χ4v) is 3.22. The van der Waals surface area contributed by atoms with Crippen molar-refractivity contribution >= 4 is 0 Å². The van der Waals surface area contributed by atoms with Gasteiger partial charge in [0.2, 0.25) is 0 Å². The molecular formula is C14H28O. The van der Waals surface area contributed by atoms with Crippen molar-refractivity contribution in [3.05, 3.63) is 0 Å². The first-order chi connectivity index (χ1) is 6.73. The Morgan fingerprint density at radius 1 is 1.40 bits per heavy atom. The van der Waals surface area contributed by atoms with Crippen LogP contribution >= 0.6 is 0 Å². The molecule has 2 unspecified atom stereocenters. The van der Waals surface area contributed by atoms with E-state index in [0.29, 0.717) is 17.3 Å². The van der Waals surface area contributed by atoms with Gasteiger partial charge in [-0.1, -0.05) is 34.1 Å². The third kappa shape index (κ3) is 3.79. The molecule has 0 aromatic rings. The van der Waals surface area contributed by atoms with Crippen LogP contribution in [-0.2, 0) is 0 Å². The first-order valence-corrected chi connectivity index (χ1v) is 6.45. The van der Waals surface area contributed by atoms with Gasteiger partial charge in [-0.05, 0) is 49.9 Å². The third-order valence-electron chi connectivity index (χ3n) is 3.91. The minimum absolute atomic E-state index is 0.434. The molecule has 1 rings (SSSR count). The van der Waals surface area contributed by atoms with Gasteiger partial charge in [-0.3, -0.25) is 0 Å². The van der Waals surface area contributed by atoms with Crippen LogP contribution in [0.4, 0.5) is 0 Å². The normalized spacial score (nSPS) is 30.2. The highest BCUT2D eigenvalue weighted by molar-refractivity contribution is 4.90. The fraction of sp³-hybridized carbons (Fsp3) is 1.00. The molecule has 15 heavy (non-hydrogen) atoms. The molecule has 0 saturated heterocycles. The lowest BCUT2D eigenvalue weighted by molar-refractivity contribution is -0.0516. The fourth-order valence-electron chi connectivity index (χ4n) is 3.22. The van der Waals surface area contributed by atoms with E-state index in [1.165, 1.54) is 25.7 Å². The second-order valence-electron chi connectivity index (χ2n) is 6.91. The van der Waals surface area contributed by atoms with E-state index < -0.39 is 5.60 Å². The van der Waals surface area contributed by atoms with Crippen molar-refractivity contribution in [2.45, 2.75) is 72.3 Å². The van der Waals surface area contributed by atoms with E-state index in [-0.39, 0.29) is 0 Å². The molecule has 0 radical (unpaired) electrons. The molecular weight excluding hydrogens is 184 g/mol. The molecule has 0 heterocycles. The average molecular weight is 212 g/mol. The highest BCUT2D eigenvalue weighted by Gasteiger charge is 2.38. The minimum atomic E-state index is -0.453. The third-order valence-corrected chi connectivity index (χ3v) is 3.91. The predicted octanol–water partition coefficient (Wildman–Crippen LogP) is 4.00. The van der Waals surface area contributed by atoms with E-state index in [4.69, 9.17) is 0 Å². The molecule has 1 fully saturated rings. The lowest BCUT2D eigenvalue weighted by atomic mass is 9.66. The lowest BCUT2D eigenvalue weighted by Gasteiger charge is -2.43. The van der Waals surface area contributed by atoms with E-state index in [9.17, 15) is 5.11 Å². The summed E-state index contributed by atoms with van der Waals surface area (Å²) in [6.07, 6.45) is 5.94. The first-order valence-electron chi connectivity index (χ1n) is 6.45. The van der Waals surface area contributed by atoms with Crippen molar-refractivity contribution < 1.29 is 5.11 Å². The summed E-state index contributed by atoms with van der Waals surface area (Å²) < 4.78 is 0. The van der Waals surface area contributed by atoms with Gasteiger partial charge in [-0.15, -0.1) is 0 Å². The largest absolute Gasteiger partial charge is 0.390 e. The SMILES string of the molecule is CC(C)CC(C)(O)C1CCCC(C)(C)C1. The first kappa shape index (κ1) is 13.0. The Balaban J connectivity index is 2.62. The maximum Gasteiger partial charge on any atom is 0.0650 e. The van der Waals surface area contributed by atoms with Gasteiger partial charge in [-0.2, -0.15) is 0 Å². The molecule has 1 aliphatic carbocycles. The summed E-state index contributed by atoms with van der Waals surface area (Å²) in [7, 11) is 0. The van der Waals surface area contributed by atoms with Crippen LogP contribution in [0.2, 0.25) is 0 Å². The van der Waals surface area contributed by atoms with Crippen LogP contribution in [0.25, 0.3) is 0 Å². The highest BCUT2D eigenvalue weighted by Crippen LogP contribution is 2.44.